The number of carbonyl (C=O) groups is 2. The largest absolute Gasteiger partial charge is 0.493 e. The second kappa shape index (κ2) is 10.6. The quantitative estimate of drug-likeness (QED) is 0.521. The maximum absolute atomic E-state index is 12.8. The molecule has 9 nitrogen and oxygen atoms in total. The van der Waals surface area contributed by atoms with Gasteiger partial charge in [-0.25, -0.2) is 13.2 Å². The minimum atomic E-state index is -3.69. The fourth-order valence-electron chi connectivity index (χ4n) is 3.27. The molecule has 0 atom stereocenters. The molecule has 1 aliphatic heterocycles. The third kappa shape index (κ3) is 5.70. The van der Waals surface area contributed by atoms with E-state index in [1.54, 1.807) is 0 Å². The highest BCUT2D eigenvalue weighted by Crippen LogP contribution is 2.36. The lowest BCUT2D eigenvalue weighted by molar-refractivity contribution is -0.135. The first-order valence-corrected chi connectivity index (χ1v) is 12.0. The van der Waals surface area contributed by atoms with Crippen molar-refractivity contribution in [3.8, 4) is 11.5 Å². The lowest BCUT2D eigenvalue weighted by atomic mass is 10.2. The molecule has 0 bridgehead atoms. The van der Waals surface area contributed by atoms with E-state index in [1.807, 2.05) is 0 Å². The number of sulfonamides is 1. The number of methoxy groups -OCH3 is 2. The molecule has 178 valence electrons. The summed E-state index contributed by atoms with van der Waals surface area (Å²) in [6, 6.07) is 8.65. The van der Waals surface area contributed by atoms with Crippen LogP contribution in [0.1, 0.15) is 10.4 Å². The molecule has 0 aliphatic carbocycles. The molecule has 3 rings (SSSR count). The molecule has 0 N–H and O–H groups in total. The Morgan fingerprint density at radius 2 is 1.61 bits per heavy atom. The van der Waals surface area contributed by atoms with Gasteiger partial charge >= 0.3 is 5.97 Å². The summed E-state index contributed by atoms with van der Waals surface area (Å²) >= 11 is 11.9. The van der Waals surface area contributed by atoms with Crippen molar-refractivity contribution in [1.82, 2.24) is 9.21 Å². The number of rotatable bonds is 7. The molecule has 2 aromatic rings. The smallest absolute Gasteiger partial charge is 0.338 e. The van der Waals surface area contributed by atoms with Gasteiger partial charge in [0.05, 0.1) is 29.7 Å². The first-order chi connectivity index (χ1) is 15.7. The van der Waals surface area contributed by atoms with Gasteiger partial charge in [0.25, 0.3) is 5.91 Å². The van der Waals surface area contributed by atoms with Crippen LogP contribution in [0.5, 0.6) is 11.5 Å². The molecular weight excluding hydrogens is 495 g/mol. The normalized spacial score (nSPS) is 14.6. The summed E-state index contributed by atoms with van der Waals surface area (Å²) in [5, 5.41) is 0.599. The summed E-state index contributed by atoms with van der Waals surface area (Å²) < 4.78 is 42.2. The van der Waals surface area contributed by atoms with E-state index >= 15 is 0 Å². The molecule has 0 saturated carbocycles. The Balaban J connectivity index is 1.56. The highest BCUT2D eigenvalue weighted by molar-refractivity contribution is 7.89. The summed E-state index contributed by atoms with van der Waals surface area (Å²) in [6.07, 6.45) is 0. The molecule has 0 radical (unpaired) electrons. The average molecular weight is 517 g/mol. The van der Waals surface area contributed by atoms with Gasteiger partial charge in [-0.3, -0.25) is 4.79 Å². The van der Waals surface area contributed by atoms with Crippen LogP contribution in [0.25, 0.3) is 0 Å². The monoisotopic (exact) mass is 516 g/mol. The van der Waals surface area contributed by atoms with Gasteiger partial charge in [-0.1, -0.05) is 23.2 Å². The zero-order valence-corrected chi connectivity index (χ0v) is 20.2. The Hall–Kier alpha value is -2.53. The second-order valence-corrected chi connectivity index (χ2v) is 9.79. The lowest BCUT2D eigenvalue weighted by Gasteiger charge is -2.33. The third-order valence-electron chi connectivity index (χ3n) is 5.04. The fourth-order valence-corrected chi connectivity index (χ4v) is 5.11. The first kappa shape index (κ1) is 25.1. The molecule has 1 amide bonds. The van der Waals surface area contributed by atoms with Gasteiger partial charge in [-0.2, -0.15) is 4.31 Å². The molecule has 1 heterocycles. The van der Waals surface area contributed by atoms with Crippen LogP contribution in [-0.4, -0.2) is 76.5 Å². The number of halogens is 2. The number of hydrogen-bond donors (Lipinski definition) is 0. The zero-order valence-electron chi connectivity index (χ0n) is 17.9. The maximum Gasteiger partial charge on any atom is 0.338 e. The van der Waals surface area contributed by atoms with Crippen LogP contribution in [0, 0.1) is 0 Å². The van der Waals surface area contributed by atoms with Crippen molar-refractivity contribution in [1.29, 1.82) is 0 Å². The SMILES string of the molecule is COc1cc(C(=O)OCC(=O)N2CCN(S(=O)(=O)c3ccc(Cl)cc3)CC2)cc(Cl)c1OC. The highest BCUT2D eigenvalue weighted by atomic mass is 35.5. The zero-order chi connectivity index (χ0) is 24.2. The molecular formula is C21H22Cl2N2O7S. The molecule has 1 fully saturated rings. The Morgan fingerprint density at radius 3 is 2.18 bits per heavy atom. The Labute approximate surface area is 201 Å². The third-order valence-corrected chi connectivity index (χ3v) is 7.48. The second-order valence-electron chi connectivity index (χ2n) is 7.01. The predicted molar refractivity (Wildman–Crippen MR) is 122 cm³/mol. The van der Waals surface area contributed by atoms with Crippen molar-refractivity contribution < 1.29 is 32.2 Å². The van der Waals surface area contributed by atoms with E-state index in [4.69, 9.17) is 37.4 Å². The number of hydrogen-bond acceptors (Lipinski definition) is 7. The predicted octanol–water partition coefficient (Wildman–Crippen LogP) is 2.70. The van der Waals surface area contributed by atoms with Crippen molar-refractivity contribution in [2.75, 3.05) is 47.0 Å². The summed E-state index contributed by atoms with van der Waals surface area (Å²) in [7, 11) is -0.870. The van der Waals surface area contributed by atoms with Crippen LogP contribution >= 0.6 is 23.2 Å². The van der Waals surface area contributed by atoms with Crippen LogP contribution in [0.4, 0.5) is 0 Å². The van der Waals surface area contributed by atoms with Crippen molar-refractivity contribution in [3.63, 3.8) is 0 Å². The van der Waals surface area contributed by atoms with E-state index in [2.05, 4.69) is 0 Å². The molecule has 2 aromatic carbocycles. The van der Waals surface area contributed by atoms with E-state index in [9.17, 15) is 18.0 Å². The topological polar surface area (TPSA) is 102 Å². The summed E-state index contributed by atoms with van der Waals surface area (Å²) in [5.41, 5.74) is 0.101. The Bertz CT molecular complexity index is 1130. The molecule has 0 aromatic heterocycles. The number of piperazine rings is 1. The molecule has 0 spiro atoms. The number of benzene rings is 2. The van der Waals surface area contributed by atoms with Gasteiger partial charge in [0.1, 0.15) is 0 Å². The molecule has 1 saturated heterocycles. The number of ether oxygens (including phenoxy) is 3. The number of amides is 1. The lowest BCUT2D eigenvalue weighted by Crippen LogP contribution is -2.51. The van der Waals surface area contributed by atoms with Gasteiger partial charge < -0.3 is 19.1 Å². The van der Waals surface area contributed by atoms with E-state index in [-0.39, 0.29) is 53.2 Å². The number of nitrogens with zero attached hydrogens (tertiary/aromatic N) is 2. The van der Waals surface area contributed by atoms with Crippen LogP contribution in [0.15, 0.2) is 41.3 Å². The van der Waals surface area contributed by atoms with Crippen molar-refractivity contribution in [2.45, 2.75) is 4.90 Å². The minimum absolute atomic E-state index is 0.101. The van der Waals surface area contributed by atoms with Crippen LogP contribution in [0.2, 0.25) is 10.0 Å². The standard InChI is InChI=1S/C21H22Cl2N2O7S/c1-30-18-12-14(11-17(23)20(18)31-2)21(27)32-13-19(26)24-7-9-25(10-8-24)33(28,29)16-5-3-15(22)4-6-16/h3-6,11-12H,7-10,13H2,1-2H3. The van der Waals surface area contributed by atoms with Crippen LogP contribution in [0.3, 0.4) is 0 Å². The highest BCUT2D eigenvalue weighted by Gasteiger charge is 2.30. The molecule has 33 heavy (non-hydrogen) atoms. The van der Waals surface area contributed by atoms with Gasteiger partial charge in [0, 0.05) is 31.2 Å². The van der Waals surface area contributed by atoms with E-state index in [0.29, 0.717) is 5.02 Å². The van der Waals surface area contributed by atoms with Crippen LogP contribution in [-0.2, 0) is 19.6 Å². The van der Waals surface area contributed by atoms with Gasteiger partial charge in [-0.05, 0) is 36.4 Å². The van der Waals surface area contributed by atoms with E-state index in [1.165, 1.54) is 59.8 Å². The van der Waals surface area contributed by atoms with E-state index < -0.39 is 28.5 Å². The molecule has 0 unspecified atom stereocenters. The average Bonchev–Trinajstić information content (AvgIpc) is 2.82. The summed E-state index contributed by atoms with van der Waals surface area (Å²) in [4.78, 5) is 26.4. The van der Waals surface area contributed by atoms with Gasteiger partial charge in [0.15, 0.2) is 18.1 Å². The van der Waals surface area contributed by atoms with Crippen molar-refractivity contribution in [2.24, 2.45) is 0 Å². The van der Waals surface area contributed by atoms with Gasteiger partial charge in [0.2, 0.25) is 10.0 Å². The van der Waals surface area contributed by atoms with Gasteiger partial charge in [-0.15, -0.1) is 0 Å². The number of esters is 1. The summed E-state index contributed by atoms with van der Waals surface area (Å²) in [5.74, 6) is -0.659. The number of carbonyl (C=O) groups excluding carboxylic acids is 2. The minimum Gasteiger partial charge on any atom is -0.493 e. The van der Waals surface area contributed by atoms with Crippen LogP contribution < -0.4 is 9.47 Å². The van der Waals surface area contributed by atoms with E-state index in [0.717, 1.165) is 0 Å². The molecule has 12 heteroatoms. The van der Waals surface area contributed by atoms with Crippen molar-refractivity contribution in [3.05, 3.63) is 52.0 Å². The Kier molecular flexibility index (Phi) is 8.06. The first-order valence-electron chi connectivity index (χ1n) is 9.79. The molecule has 1 aliphatic rings. The van der Waals surface area contributed by atoms with Crippen molar-refractivity contribution >= 4 is 45.1 Å². The summed E-state index contributed by atoms with van der Waals surface area (Å²) in [6.45, 7) is 0.0946. The maximum atomic E-state index is 12.8. The fraction of sp³-hybridized carbons (Fsp3) is 0.333. The Morgan fingerprint density at radius 1 is 0.970 bits per heavy atom.